The average molecular weight is 391 g/mol. The third-order valence-electron chi connectivity index (χ3n) is 4.80. The summed E-state index contributed by atoms with van der Waals surface area (Å²) in [5, 5.41) is 4.71. The molecule has 142 valence electrons. The Morgan fingerprint density at radius 3 is 2.82 bits per heavy atom. The first kappa shape index (κ1) is 18.5. The molecule has 2 aromatic carbocycles. The molecule has 1 aliphatic heterocycles. The minimum atomic E-state index is -0.234. The van der Waals surface area contributed by atoms with Crippen molar-refractivity contribution in [1.82, 2.24) is 4.98 Å². The molecule has 0 saturated carbocycles. The molecule has 0 unspecified atom stereocenters. The second-order valence-corrected chi connectivity index (χ2v) is 7.83. The molecule has 2 heterocycles. The van der Waals surface area contributed by atoms with Gasteiger partial charge in [0.15, 0.2) is 0 Å². The number of fused-ring (bicyclic) bond motifs is 2. The van der Waals surface area contributed by atoms with Crippen molar-refractivity contribution in [2.75, 3.05) is 22.5 Å². The van der Waals surface area contributed by atoms with Crippen LogP contribution in [-0.4, -0.2) is 28.4 Å². The second kappa shape index (κ2) is 8.02. The maximum absolute atomic E-state index is 12.7. The number of thioether (sulfide) groups is 1. The van der Waals surface area contributed by atoms with Gasteiger partial charge in [-0.05, 0) is 42.8 Å². The van der Waals surface area contributed by atoms with Crippen LogP contribution in [0.5, 0.6) is 0 Å². The monoisotopic (exact) mass is 391 g/mol. The average Bonchev–Trinajstić information content (AvgIpc) is 2.71. The Bertz CT molecular complexity index is 1050. The third kappa shape index (κ3) is 4.02. The molecule has 1 aromatic heterocycles. The number of aromatic nitrogens is 1. The van der Waals surface area contributed by atoms with E-state index in [4.69, 9.17) is 0 Å². The van der Waals surface area contributed by atoms with Crippen molar-refractivity contribution < 1.29 is 9.59 Å². The van der Waals surface area contributed by atoms with E-state index in [2.05, 4.69) is 23.3 Å². The number of anilines is 2. The van der Waals surface area contributed by atoms with Crippen LogP contribution < -0.4 is 10.2 Å². The zero-order valence-corrected chi connectivity index (χ0v) is 16.5. The van der Waals surface area contributed by atoms with E-state index < -0.39 is 0 Å². The summed E-state index contributed by atoms with van der Waals surface area (Å²) in [7, 11) is 0. The van der Waals surface area contributed by atoms with E-state index >= 15 is 0 Å². The van der Waals surface area contributed by atoms with Gasteiger partial charge in [-0.3, -0.25) is 9.59 Å². The zero-order valence-electron chi connectivity index (χ0n) is 15.6. The highest BCUT2D eigenvalue weighted by Crippen LogP contribution is 2.30. The minimum Gasteiger partial charge on any atom is -0.310 e. The Labute approximate surface area is 168 Å². The molecular weight excluding hydrogens is 370 g/mol. The molecule has 28 heavy (non-hydrogen) atoms. The van der Waals surface area contributed by atoms with E-state index in [-0.39, 0.29) is 16.9 Å². The van der Waals surface area contributed by atoms with E-state index in [0.29, 0.717) is 12.4 Å². The molecule has 0 saturated heterocycles. The number of pyridine rings is 1. The van der Waals surface area contributed by atoms with Crippen LogP contribution in [0.4, 0.5) is 16.3 Å². The van der Waals surface area contributed by atoms with Crippen molar-refractivity contribution in [3.63, 3.8) is 0 Å². The van der Waals surface area contributed by atoms with Gasteiger partial charge in [-0.1, -0.05) is 53.7 Å². The van der Waals surface area contributed by atoms with Crippen LogP contribution >= 0.6 is 11.8 Å². The number of benzene rings is 2. The number of aryl methyl sites for hydroxylation is 2. The molecule has 0 fully saturated rings. The van der Waals surface area contributed by atoms with Crippen LogP contribution in [0, 0.1) is 6.92 Å². The highest BCUT2D eigenvalue weighted by molar-refractivity contribution is 8.14. The molecule has 6 heteroatoms. The first-order valence-corrected chi connectivity index (χ1v) is 10.3. The molecule has 1 aliphatic rings. The lowest BCUT2D eigenvalue weighted by Crippen LogP contribution is -2.33. The van der Waals surface area contributed by atoms with Crippen molar-refractivity contribution >= 4 is 45.2 Å². The number of nitrogens with one attached hydrogen (secondary N) is 1. The quantitative estimate of drug-likeness (QED) is 0.697. The number of hydrogen-bond donors (Lipinski definition) is 1. The Balaban J connectivity index is 1.37. The van der Waals surface area contributed by atoms with Gasteiger partial charge in [0.25, 0.3) is 5.24 Å². The largest absolute Gasteiger partial charge is 0.310 e. The van der Waals surface area contributed by atoms with E-state index in [9.17, 15) is 9.59 Å². The molecule has 2 amide bonds. The van der Waals surface area contributed by atoms with Crippen LogP contribution in [0.1, 0.15) is 17.5 Å². The molecule has 3 aromatic rings. The maximum Gasteiger partial charge on any atom is 0.286 e. The van der Waals surface area contributed by atoms with E-state index in [1.165, 1.54) is 11.1 Å². The fourth-order valence-corrected chi connectivity index (χ4v) is 4.12. The summed E-state index contributed by atoms with van der Waals surface area (Å²) >= 11 is 1.03. The fraction of sp³-hybridized carbons (Fsp3) is 0.227. The summed E-state index contributed by atoms with van der Waals surface area (Å²) in [5.41, 5.74) is 3.36. The predicted octanol–water partition coefficient (Wildman–Crippen LogP) is 4.79. The van der Waals surface area contributed by atoms with Gasteiger partial charge in [0.1, 0.15) is 5.82 Å². The molecule has 0 atom stereocenters. The Hall–Kier alpha value is -2.86. The van der Waals surface area contributed by atoms with Gasteiger partial charge in [-0.15, -0.1) is 0 Å². The van der Waals surface area contributed by atoms with Gasteiger partial charge in [0.05, 0.1) is 5.75 Å². The van der Waals surface area contributed by atoms with Crippen molar-refractivity contribution in [1.29, 1.82) is 0 Å². The summed E-state index contributed by atoms with van der Waals surface area (Å²) in [6.07, 6.45) is 3.66. The number of amides is 2. The van der Waals surface area contributed by atoms with Gasteiger partial charge in [0, 0.05) is 23.8 Å². The van der Waals surface area contributed by atoms with Gasteiger partial charge in [-0.25, -0.2) is 4.98 Å². The molecule has 0 bridgehead atoms. The predicted molar refractivity (Wildman–Crippen MR) is 115 cm³/mol. The second-order valence-electron chi connectivity index (χ2n) is 6.91. The summed E-state index contributed by atoms with van der Waals surface area (Å²) in [6, 6.07) is 15.8. The topological polar surface area (TPSA) is 62.3 Å². The lowest BCUT2D eigenvalue weighted by Gasteiger charge is -2.29. The summed E-state index contributed by atoms with van der Waals surface area (Å²) in [5.74, 6) is 0.322. The first-order chi connectivity index (χ1) is 13.6. The number of nitrogens with zero attached hydrogens (tertiary/aromatic N) is 2. The Morgan fingerprint density at radius 1 is 1.14 bits per heavy atom. The van der Waals surface area contributed by atoms with Crippen molar-refractivity contribution in [3.8, 4) is 0 Å². The maximum atomic E-state index is 12.7. The number of carbonyl (C=O) groups excluding carboxylic acids is 2. The Morgan fingerprint density at radius 2 is 1.96 bits per heavy atom. The third-order valence-corrected chi connectivity index (χ3v) is 5.67. The number of rotatable bonds is 3. The molecule has 5 nitrogen and oxygen atoms in total. The van der Waals surface area contributed by atoms with Crippen LogP contribution in [0.15, 0.2) is 54.7 Å². The molecule has 0 aliphatic carbocycles. The van der Waals surface area contributed by atoms with Gasteiger partial charge >= 0.3 is 0 Å². The standard InChI is InChI=1S/C22H21N3O2S/c1-15-8-9-19-17(11-15)7-4-10-25(19)22(27)28-14-21(26)24-20-12-16-5-2-3-6-18(16)13-23-20/h2-3,5-6,8-9,11-13H,4,7,10,14H2,1H3,(H,23,24,26). The zero-order chi connectivity index (χ0) is 19.5. The molecule has 0 radical (unpaired) electrons. The normalized spacial score (nSPS) is 13.2. The summed E-state index contributed by atoms with van der Waals surface area (Å²) in [6.45, 7) is 2.75. The van der Waals surface area contributed by atoms with E-state index in [1.54, 1.807) is 11.1 Å². The van der Waals surface area contributed by atoms with Crippen molar-refractivity contribution in [2.24, 2.45) is 0 Å². The van der Waals surface area contributed by atoms with Crippen LogP contribution in [0.3, 0.4) is 0 Å². The van der Waals surface area contributed by atoms with E-state index in [1.807, 2.05) is 42.5 Å². The van der Waals surface area contributed by atoms with E-state index in [0.717, 1.165) is 41.1 Å². The smallest absolute Gasteiger partial charge is 0.286 e. The highest BCUT2D eigenvalue weighted by atomic mass is 32.2. The van der Waals surface area contributed by atoms with Gasteiger partial charge < -0.3 is 10.2 Å². The lowest BCUT2D eigenvalue weighted by atomic mass is 10.0. The molecular formula is C22H21N3O2S. The summed E-state index contributed by atoms with van der Waals surface area (Å²) < 4.78 is 0. The molecule has 4 rings (SSSR count). The number of hydrogen-bond acceptors (Lipinski definition) is 4. The van der Waals surface area contributed by atoms with Crippen LogP contribution in [0.25, 0.3) is 10.8 Å². The van der Waals surface area contributed by atoms with Crippen LogP contribution in [0.2, 0.25) is 0 Å². The SMILES string of the molecule is Cc1ccc2c(c1)CCCN2C(=O)SCC(=O)Nc1cc2ccccc2cn1. The van der Waals surface area contributed by atoms with Gasteiger partial charge in [-0.2, -0.15) is 0 Å². The highest BCUT2D eigenvalue weighted by Gasteiger charge is 2.23. The minimum absolute atomic E-state index is 0.0606. The van der Waals surface area contributed by atoms with Crippen molar-refractivity contribution in [2.45, 2.75) is 19.8 Å². The Kier molecular flexibility index (Phi) is 5.30. The van der Waals surface area contributed by atoms with Crippen molar-refractivity contribution in [3.05, 3.63) is 65.9 Å². The fourth-order valence-electron chi connectivity index (χ4n) is 3.45. The molecule has 0 spiro atoms. The van der Waals surface area contributed by atoms with Gasteiger partial charge in [0.2, 0.25) is 5.91 Å². The first-order valence-electron chi connectivity index (χ1n) is 9.28. The number of carbonyl (C=O) groups is 2. The van der Waals surface area contributed by atoms with Crippen LogP contribution in [-0.2, 0) is 11.2 Å². The lowest BCUT2D eigenvalue weighted by molar-refractivity contribution is -0.113. The molecule has 1 N–H and O–H groups in total. The summed E-state index contributed by atoms with van der Waals surface area (Å²) in [4.78, 5) is 31.0.